The number of alkyl halides is 1. The lowest BCUT2D eigenvalue weighted by atomic mass is 10.2. The molecule has 17 heavy (non-hydrogen) atoms. The predicted molar refractivity (Wildman–Crippen MR) is 73.9 cm³/mol. The summed E-state index contributed by atoms with van der Waals surface area (Å²) in [6, 6.07) is 0. The Morgan fingerprint density at radius 2 is 1.82 bits per heavy atom. The normalized spacial score (nSPS) is 29.6. The van der Waals surface area contributed by atoms with E-state index in [1.54, 1.807) is 0 Å². The van der Waals surface area contributed by atoms with E-state index in [4.69, 9.17) is 4.74 Å². The van der Waals surface area contributed by atoms with Gasteiger partial charge in [0.15, 0.2) is 0 Å². The lowest BCUT2D eigenvalue weighted by Gasteiger charge is -2.38. The SMILES string of the molecule is CN1CCOC(CN2CCN(CCBr)CC2)C1. The van der Waals surface area contributed by atoms with Crippen molar-refractivity contribution in [2.24, 2.45) is 0 Å². The van der Waals surface area contributed by atoms with E-state index in [9.17, 15) is 0 Å². The van der Waals surface area contributed by atoms with Gasteiger partial charge in [-0.1, -0.05) is 15.9 Å². The fourth-order valence-electron chi connectivity index (χ4n) is 2.58. The van der Waals surface area contributed by atoms with E-state index in [1.807, 2.05) is 0 Å². The number of hydrogen-bond acceptors (Lipinski definition) is 4. The second kappa shape index (κ2) is 7.04. The van der Waals surface area contributed by atoms with Crippen molar-refractivity contribution in [3.05, 3.63) is 0 Å². The largest absolute Gasteiger partial charge is 0.374 e. The molecule has 2 aliphatic rings. The molecule has 2 aliphatic heterocycles. The van der Waals surface area contributed by atoms with Gasteiger partial charge in [-0.05, 0) is 7.05 Å². The van der Waals surface area contributed by atoms with Crippen molar-refractivity contribution in [1.29, 1.82) is 0 Å². The quantitative estimate of drug-likeness (QED) is 0.697. The molecule has 0 aliphatic carbocycles. The van der Waals surface area contributed by atoms with Crippen molar-refractivity contribution in [3.63, 3.8) is 0 Å². The highest BCUT2D eigenvalue weighted by Crippen LogP contribution is 2.08. The number of morpholine rings is 1. The summed E-state index contributed by atoms with van der Waals surface area (Å²) in [5, 5.41) is 1.09. The summed E-state index contributed by atoms with van der Waals surface area (Å²) < 4.78 is 5.82. The van der Waals surface area contributed by atoms with Gasteiger partial charge < -0.3 is 9.64 Å². The molecule has 0 saturated carbocycles. The number of halogens is 1. The monoisotopic (exact) mass is 305 g/mol. The van der Waals surface area contributed by atoms with Gasteiger partial charge >= 0.3 is 0 Å². The zero-order chi connectivity index (χ0) is 12.1. The van der Waals surface area contributed by atoms with Crippen LogP contribution in [0.15, 0.2) is 0 Å². The highest BCUT2D eigenvalue weighted by atomic mass is 79.9. The second-order valence-corrected chi connectivity index (χ2v) is 5.88. The van der Waals surface area contributed by atoms with Gasteiger partial charge in [-0.3, -0.25) is 9.80 Å². The summed E-state index contributed by atoms with van der Waals surface area (Å²) in [7, 11) is 2.18. The fourth-order valence-corrected chi connectivity index (χ4v) is 3.08. The first kappa shape index (κ1) is 13.7. The van der Waals surface area contributed by atoms with E-state index >= 15 is 0 Å². The first-order chi connectivity index (χ1) is 8.28. The van der Waals surface area contributed by atoms with Crippen molar-refractivity contribution in [2.75, 3.05) is 71.3 Å². The maximum atomic E-state index is 5.82. The van der Waals surface area contributed by atoms with Gasteiger partial charge in [-0.15, -0.1) is 0 Å². The molecule has 1 unspecified atom stereocenters. The summed E-state index contributed by atoms with van der Waals surface area (Å²) in [5.41, 5.74) is 0. The minimum absolute atomic E-state index is 0.413. The van der Waals surface area contributed by atoms with Crippen molar-refractivity contribution in [2.45, 2.75) is 6.10 Å². The van der Waals surface area contributed by atoms with Crippen molar-refractivity contribution in [3.8, 4) is 0 Å². The zero-order valence-electron chi connectivity index (χ0n) is 10.8. The Labute approximate surface area is 113 Å². The summed E-state index contributed by atoms with van der Waals surface area (Å²) in [6.07, 6.45) is 0.413. The van der Waals surface area contributed by atoms with Gasteiger partial charge in [0.05, 0.1) is 12.7 Å². The molecule has 0 amide bonds. The zero-order valence-corrected chi connectivity index (χ0v) is 12.4. The third-order valence-corrected chi connectivity index (χ3v) is 4.02. The summed E-state index contributed by atoms with van der Waals surface area (Å²) in [4.78, 5) is 7.45. The molecule has 0 bridgehead atoms. The first-order valence-corrected chi connectivity index (χ1v) is 7.71. The van der Waals surface area contributed by atoms with E-state index in [-0.39, 0.29) is 0 Å². The first-order valence-electron chi connectivity index (χ1n) is 6.59. The van der Waals surface area contributed by atoms with Crippen LogP contribution in [0.3, 0.4) is 0 Å². The maximum Gasteiger partial charge on any atom is 0.0829 e. The maximum absolute atomic E-state index is 5.82. The molecule has 1 atom stereocenters. The molecule has 0 aromatic rings. The number of rotatable bonds is 4. The van der Waals surface area contributed by atoms with Gasteiger partial charge in [0.1, 0.15) is 0 Å². The standard InChI is InChI=1S/C12H24BrN3O/c1-14-8-9-17-12(10-14)11-16-6-4-15(3-2-13)5-7-16/h12H,2-11H2,1H3. The Bertz CT molecular complexity index is 222. The summed E-state index contributed by atoms with van der Waals surface area (Å²) in [5.74, 6) is 0. The number of hydrogen-bond donors (Lipinski definition) is 0. The van der Waals surface area contributed by atoms with Crippen LogP contribution in [0.25, 0.3) is 0 Å². The van der Waals surface area contributed by atoms with Gasteiger partial charge in [0.2, 0.25) is 0 Å². The van der Waals surface area contributed by atoms with E-state index in [2.05, 4.69) is 37.7 Å². The highest BCUT2D eigenvalue weighted by molar-refractivity contribution is 9.09. The molecular formula is C12H24BrN3O. The molecule has 5 heteroatoms. The Morgan fingerprint density at radius 3 is 2.47 bits per heavy atom. The average Bonchev–Trinajstić information content (AvgIpc) is 2.32. The molecule has 0 N–H and O–H groups in total. The Morgan fingerprint density at radius 1 is 1.12 bits per heavy atom. The van der Waals surface area contributed by atoms with Crippen molar-refractivity contribution >= 4 is 15.9 Å². The van der Waals surface area contributed by atoms with Crippen molar-refractivity contribution in [1.82, 2.24) is 14.7 Å². The molecule has 0 aromatic heterocycles. The van der Waals surface area contributed by atoms with Gasteiger partial charge in [0, 0.05) is 57.7 Å². The average molecular weight is 306 g/mol. The van der Waals surface area contributed by atoms with E-state index in [1.165, 1.54) is 32.7 Å². The van der Waals surface area contributed by atoms with Crippen LogP contribution in [0.5, 0.6) is 0 Å². The minimum atomic E-state index is 0.413. The lowest BCUT2D eigenvalue weighted by Crippen LogP contribution is -2.52. The van der Waals surface area contributed by atoms with Crippen LogP contribution >= 0.6 is 15.9 Å². The van der Waals surface area contributed by atoms with Crippen LogP contribution in [0, 0.1) is 0 Å². The van der Waals surface area contributed by atoms with E-state index in [0.717, 1.165) is 31.6 Å². The molecule has 2 fully saturated rings. The predicted octanol–water partition coefficient (Wildman–Crippen LogP) is 0.330. The molecule has 2 rings (SSSR count). The van der Waals surface area contributed by atoms with Gasteiger partial charge in [-0.25, -0.2) is 0 Å². The molecule has 100 valence electrons. The van der Waals surface area contributed by atoms with Crippen molar-refractivity contribution < 1.29 is 4.74 Å². The Kier molecular flexibility index (Phi) is 5.69. The summed E-state index contributed by atoms with van der Waals surface area (Å²) in [6.45, 7) is 10.1. The third kappa shape index (κ3) is 4.48. The van der Waals surface area contributed by atoms with E-state index in [0.29, 0.717) is 6.10 Å². The highest BCUT2D eigenvalue weighted by Gasteiger charge is 2.23. The molecule has 0 radical (unpaired) electrons. The fraction of sp³-hybridized carbons (Fsp3) is 1.00. The molecule has 2 heterocycles. The number of nitrogens with zero attached hydrogens (tertiary/aromatic N) is 3. The Balaban J connectivity index is 1.67. The van der Waals surface area contributed by atoms with Crippen LogP contribution in [-0.2, 0) is 4.74 Å². The number of likely N-dealkylation sites (N-methyl/N-ethyl adjacent to an activating group) is 1. The Hall–Kier alpha value is 0.320. The molecule has 0 aromatic carbocycles. The van der Waals surface area contributed by atoms with Crippen LogP contribution in [0.1, 0.15) is 0 Å². The van der Waals surface area contributed by atoms with E-state index < -0.39 is 0 Å². The third-order valence-electron chi connectivity index (χ3n) is 3.67. The molecular weight excluding hydrogens is 282 g/mol. The molecule has 4 nitrogen and oxygen atoms in total. The minimum Gasteiger partial charge on any atom is -0.374 e. The lowest BCUT2D eigenvalue weighted by molar-refractivity contribution is -0.0408. The number of ether oxygens (including phenoxy) is 1. The second-order valence-electron chi connectivity index (χ2n) is 5.09. The van der Waals surface area contributed by atoms with Crippen LogP contribution < -0.4 is 0 Å². The van der Waals surface area contributed by atoms with Crippen LogP contribution in [-0.4, -0.2) is 92.1 Å². The summed E-state index contributed by atoms with van der Waals surface area (Å²) >= 11 is 3.51. The smallest absolute Gasteiger partial charge is 0.0829 e. The van der Waals surface area contributed by atoms with Crippen LogP contribution in [0.4, 0.5) is 0 Å². The van der Waals surface area contributed by atoms with Gasteiger partial charge in [-0.2, -0.15) is 0 Å². The molecule has 0 spiro atoms. The van der Waals surface area contributed by atoms with Gasteiger partial charge in [0.25, 0.3) is 0 Å². The topological polar surface area (TPSA) is 19.0 Å². The number of piperazine rings is 1. The van der Waals surface area contributed by atoms with Crippen LogP contribution in [0.2, 0.25) is 0 Å². The molecule has 2 saturated heterocycles.